The summed E-state index contributed by atoms with van der Waals surface area (Å²) in [6.45, 7) is 0.676. The first-order chi connectivity index (χ1) is 7.53. The van der Waals surface area contributed by atoms with Crippen molar-refractivity contribution < 1.29 is 13.2 Å². The molecule has 1 atom stereocenters. The number of sulfone groups is 1. The molecule has 6 heteroatoms. The second kappa shape index (κ2) is 4.53. The molecular formula is C10H10Cl2O3S. The predicted molar refractivity (Wildman–Crippen MR) is 62.9 cm³/mol. The molecule has 1 saturated heterocycles. The van der Waals surface area contributed by atoms with Gasteiger partial charge in [0.1, 0.15) is 4.90 Å². The lowest BCUT2D eigenvalue weighted by Crippen LogP contribution is -2.22. The summed E-state index contributed by atoms with van der Waals surface area (Å²) < 4.78 is 29.5. The molecule has 0 bridgehead atoms. The largest absolute Gasteiger partial charge is 0.380 e. The molecule has 1 aromatic carbocycles. The van der Waals surface area contributed by atoms with Crippen LogP contribution in [0.3, 0.4) is 0 Å². The highest BCUT2D eigenvalue weighted by molar-refractivity contribution is 7.92. The zero-order valence-corrected chi connectivity index (χ0v) is 10.6. The van der Waals surface area contributed by atoms with Gasteiger partial charge in [0.15, 0.2) is 9.84 Å². The van der Waals surface area contributed by atoms with Crippen molar-refractivity contribution in [3.05, 3.63) is 28.2 Å². The lowest BCUT2D eigenvalue weighted by atomic mass is 10.4. The molecule has 0 amide bonds. The van der Waals surface area contributed by atoms with E-state index in [9.17, 15) is 8.42 Å². The third-order valence-electron chi connectivity index (χ3n) is 2.53. The van der Waals surface area contributed by atoms with Crippen LogP contribution in [0.1, 0.15) is 6.42 Å². The molecule has 2 rings (SSSR count). The second-order valence-electron chi connectivity index (χ2n) is 3.58. The summed E-state index contributed by atoms with van der Waals surface area (Å²) in [5.41, 5.74) is 0. The molecule has 0 spiro atoms. The maximum Gasteiger partial charge on any atom is 0.186 e. The van der Waals surface area contributed by atoms with Crippen molar-refractivity contribution in [2.24, 2.45) is 0 Å². The van der Waals surface area contributed by atoms with E-state index in [0.717, 1.165) is 0 Å². The van der Waals surface area contributed by atoms with Gasteiger partial charge in [-0.05, 0) is 18.6 Å². The van der Waals surface area contributed by atoms with Crippen molar-refractivity contribution >= 4 is 33.0 Å². The quantitative estimate of drug-likeness (QED) is 0.836. The Morgan fingerprint density at radius 1 is 1.25 bits per heavy atom. The van der Waals surface area contributed by atoms with Gasteiger partial charge in [-0.3, -0.25) is 0 Å². The molecule has 1 unspecified atom stereocenters. The molecule has 3 nitrogen and oxygen atoms in total. The van der Waals surface area contributed by atoms with Crippen molar-refractivity contribution in [3.8, 4) is 0 Å². The Hall–Kier alpha value is -0.290. The summed E-state index contributed by atoms with van der Waals surface area (Å²) >= 11 is 11.8. The van der Waals surface area contributed by atoms with Crippen molar-refractivity contribution in [1.82, 2.24) is 0 Å². The summed E-state index contributed by atoms with van der Waals surface area (Å²) in [5.74, 6) is 0. The molecule has 0 aromatic heterocycles. The molecule has 1 aliphatic rings. The van der Waals surface area contributed by atoms with Crippen molar-refractivity contribution in [3.63, 3.8) is 0 Å². The monoisotopic (exact) mass is 280 g/mol. The van der Waals surface area contributed by atoms with E-state index in [1.54, 1.807) is 6.07 Å². The standard InChI is InChI=1S/C10H10Cl2O3S/c11-8-2-1-3-9(12)10(8)16(13,14)7-4-5-15-6-7/h1-3,7H,4-6H2. The Morgan fingerprint density at radius 3 is 2.38 bits per heavy atom. The van der Waals surface area contributed by atoms with Gasteiger partial charge in [0.25, 0.3) is 0 Å². The fourth-order valence-electron chi connectivity index (χ4n) is 1.68. The van der Waals surface area contributed by atoms with E-state index < -0.39 is 15.1 Å². The number of halogens is 2. The van der Waals surface area contributed by atoms with Gasteiger partial charge in [-0.15, -0.1) is 0 Å². The average molecular weight is 281 g/mol. The smallest absolute Gasteiger partial charge is 0.186 e. The van der Waals surface area contributed by atoms with Gasteiger partial charge in [-0.25, -0.2) is 8.42 Å². The van der Waals surface area contributed by atoms with Gasteiger partial charge in [0.05, 0.1) is 21.9 Å². The first kappa shape index (κ1) is 12.2. The minimum Gasteiger partial charge on any atom is -0.380 e. The zero-order valence-electron chi connectivity index (χ0n) is 8.32. The minimum atomic E-state index is -3.49. The fourth-order valence-corrected chi connectivity index (χ4v) is 4.42. The molecule has 1 aliphatic heterocycles. The van der Waals surface area contributed by atoms with Crippen LogP contribution >= 0.6 is 23.2 Å². The molecular weight excluding hydrogens is 271 g/mol. The Labute approximate surface area is 104 Å². The number of benzene rings is 1. The van der Waals surface area contributed by atoms with Crippen LogP contribution in [0.4, 0.5) is 0 Å². The summed E-state index contributed by atoms with van der Waals surface area (Å²) in [7, 11) is -3.49. The van der Waals surface area contributed by atoms with Crippen LogP contribution in [-0.4, -0.2) is 26.9 Å². The Morgan fingerprint density at radius 2 is 1.88 bits per heavy atom. The Kier molecular flexibility index (Phi) is 3.45. The Bertz CT molecular complexity index is 473. The zero-order chi connectivity index (χ0) is 11.8. The highest BCUT2D eigenvalue weighted by Crippen LogP contribution is 2.33. The van der Waals surface area contributed by atoms with Crippen LogP contribution in [0.25, 0.3) is 0 Å². The van der Waals surface area contributed by atoms with E-state index in [1.807, 2.05) is 0 Å². The highest BCUT2D eigenvalue weighted by Gasteiger charge is 2.34. The summed E-state index contributed by atoms with van der Waals surface area (Å²) in [5, 5.41) is -0.205. The molecule has 1 aromatic rings. The maximum absolute atomic E-state index is 12.2. The summed E-state index contributed by atoms with van der Waals surface area (Å²) in [6.07, 6.45) is 0.490. The summed E-state index contributed by atoms with van der Waals surface area (Å²) in [6, 6.07) is 4.67. The van der Waals surface area contributed by atoms with Crippen LogP contribution in [0.5, 0.6) is 0 Å². The van der Waals surface area contributed by atoms with Crippen LogP contribution in [0, 0.1) is 0 Å². The SMILES string of the molecule is O=S(=O)(c1c(Cl)cccc1Cl)C1CCOC1. The van der Waals surface area contributed by atoms with Gasteiger partial charge < -0.3 is 4.74 Å². The number of rotatable bonds is 2. The normalized spacial score (nSPS) is 21.2. The number of ether oxygens (including phenoxy) is 1. The minimum absolute atomic E-state index is 0.0221. The average Bonchev–Trinajstić information content (AvgIpc) is 2.69. The van der Waals surface area contributed by atoms with Crippen LogP contribution in [0.15, 0.2) is 23.1 Å². The predicted octanol–water partition coefficient (Wildman–Crippen LogP) is 2.56. The van der Waals surface area contributed by atoms with E-state index in [-0.39, 0.29) is 21.5 Å². The van der Waals surface area contributed by atoms with E-state index in [1.165, 1.54) is 12.1 Å². The van der Waals surface area contributed by atoms with Gasteiger partial charge in [-0.2, -0.15) is 0 Å². The molecule has 0 saturated carbocycles. The van der Waals surface area contributed by atoms with E-state index >= 15 is 0 Å². The van der Waals surface area contributed by atoms with Crippen LogP contribution in [0.2, 0.25) is 10.0 Å². The topological polar surface area (TPSA) is 43.4 Å². The van der Waals surface area contributed by atoms with Crippen molar-refractivity contribution in [2.75, 3.05) is 13.2 Å². The van der Waals surface area contributed by atoms with Gasteiger partial charge >= 0.3 is 0 Å². The highest BCUT2D eigenvalue weighted by atomic mass is 35.5. The maximum atomic E-state index is 12.2. The molecule has 16 heavy (non-hydrogen) atoms. The molecule has 0 radical (unpaired) electrons. The van der Waals surface area contributed by atoms with Gasteiger partial charge in [0, 0.05) is 6.61 Å². The molecule has 0 aliphatic carbocycles. The lowest BCUT2D eigenvalue weighted by Gasteiger charge is -2.12. The van der Waals surface area contributed by atoms with Gasteiger partial charge in [-0.1, -0.05) is 29.3 Å². The second-order valence-corrected chi connectivity index (χ2v) is 6.56. The van der Waals surface area contributed by atoms with Crippen molar-refractivity contribution in [2.45, 2.75) is 16.6 Å². The van der Waals surface area contributed by atoms with E-state index in [2.05, 4.69) is 0 Å². The Balaban J connectivity index is 2.50. The molecule has 0 N–H and O–H groups in total. The van der Waals surface area contributed by atoms with E-state index in [0.29, 0.717) is 13.0 Å². The van der Waals surface area contributed by atoms with Crippen LogP contribution in [-0.2, 0) is 14.6 Å². The summed E-state index contributed by atoms with van der Waals surface area (Å²) in [4.78, 5) is 0.0221. The molecule has 88 valence electrons. The lowest BCUT2D eigenvalue weighted by molar-refractivity contribution is 0.198. The fraction of sp³-hybridized carbons (Fsp3) is 0.400. The number of hydrogen-bond acceptors (Lipinski definition) is 3. The number of hydrogen-bond donors (Lipinski definition) is 0. The van der Waals surface area contributed by atoms with Gasteiger partial charge in [0.2, 0.25) is 0 Å². The third-order valence-corrected chi connectivity index (χ3v) is 5.64. The molecule has 1 fully saturated rings. The first-order valence-corrected chi connectivity index (χ1v) is 7.09. The third kappa shape index (κ3) is 2.07. The van der Waals surface area contributed by atoms with E-state index in [4.69, 9.17) is 27.9 Å². The first-order valence-electron chi connectivity index (χ1n) is 4.79. The van der Waals surface area contributed by atoms with Crippen LogP contribution < -0.4 is 0 Å². The van der Waals surface area contributed by atoms with Crippen molar-refractivity contribution in [1.29, 1.82) is 0 Å². The molecule has 1 heterocycles.